The second-order valence-corrected chi connectivity index (χ2v) is 9.33. The Balaban J connectivity index is 1.50. The number of aromatic nitrogens is 1. The zero-order valence-electron chi connectivity index (χ0n) is 15.4. The SMILES string of the molecule is CCS(=O)(=O)c1ccc2oc(C3CCN(Cc4ccc(F)c(F)c4)C3)nc2c1. The molecule has 1 atom stereocenters. The van der Waals surface area contributed by atoms with E-state index in [0.29, 0.717) is 35.6 Å². The monoisotopic (exact) mass is 406 g/mol. The molecule has 28 heavy (non-hydrogen) atoms. The van der Waals surface area contributed by atoms with Gasteiger partial charge in [-0.3, -0.25) is 4.90 Å². The van der Waals surface area contributed by atoms with Crippen LogP contribution in [0.3, 0.4) is 0 Å². The number of sulfone groups is 1. The number of hydrogen-bond acceptors (Lipinski definition) is 5. The Morgan fingerprint density at radius 1 is 1.18 bits per heavy atom. The quantitative estimate of drug-likeness (QED) is 0.643. The van der Waals surface area contributed by atoms with Gasteiger partial charge in [0.1, 0.15) is 5.52 Å². The number of benzene rings is 2. The third kappa shape index (κ3) is 3.66. The summed E-state index contributed by atoms with van der Waals surface area (Å²) in [5.41, 5.74) is 1.80. The summed E-state index contributed by atoms with van der Waals surface area (Å²) in [7, 11) is -3.30. The van der Waals surface area contributed by atoms with E-state index in [4.69, 9.17) is 4.42 Å². The molecular weight excluding hydrogens is 386 g/mol. The van der Waals surface area contributed by atoms with Gasteiger partial charge in [-0.1, -0.05) is 13.0 Å². The van der Waals surface area contributed by atoms with Gasteiger partial charge in [-0.2, -0.15) is 0 Å². The molecule has 1 saturated heterocycles. The van der Waals surface area contributed by atoms with Crippen molar-refractivity contribution in [1.82, 2.24) is 9.88 Å². The van der Waals surface area contributed by atoms with Gasteiger partial charge in [-0.15, -0.1) is 0 Å². The molecule has 8 heteroatoms. The minimum atomic E-state index is -3.30. The van der Waals surface area contributed by atoms with E-state index in [1.165, 1.54) is 6.07 Å². The Kier molecular flexibility index (Phi) is 4.93. The molecule has 5 nitrogen and oxygen atoms in total. The maximum absolute atomic E-state index is 13.4. The zero-order chi connectivity index (χ0) is 19.9. The Labute approximate surface area is 161 Å². The van der Waals surface area contributed by atoms with Crippen molar-refractivity contribution in [2.75, 3.05) is 18.8 Å². The molecule has 2 heterocycles. The van der Waals surface area contributed by atoms with Crippen molar-refractivity contribution >= 4 is 20.9 Å². The summed E-state index contributed by atoms with van der Waals surface area (Å²) in [5.74, 6) is -1.01. The van der Waals surface area contributed by atoms with E-state index in [1.807, 2.05) is 0 Å². The minimum Gasteiger partial charge on any atom is -0.440 e. The van der Waals surface area contributed by atoms with Crippen LogP contribution in [0.2, 0.25) is 0 Å². The van der Waals surface area contributed by atoms with Crippen molar-refractivity contribution in [1.29, 1.82) is 0 Å². The molecule has 1 unspecified atom stereocenters. The van der Waals surface area contributed by atoms with Crippen molar-refractivity contribution in [3.8, 4) is 0 Å². The lowest BCUT2D eigenvalue weighted by molar-refractivity contribution is 0.320. The van der Waals surface area contributed by atoms with Gasteiger partial charge in [0.25, 0.3) is 0 Å². The number of hydrogen-bond donors (Lipinski definition) is 0. The van der Waals surface area contributed by atoms with E-state index in [9.17, 15) is 17.2 Å². The zero-order valence-corrected chi connectivity index (χ0v) is 16.2. The lowest BCUT2D eigenvalue weighted by Gasteiger charge is -2.15. The third-order valence-corrected chi connectivity index (χ3v) is 6.86. The molecule has 0 bridgehead atoms. The second-order valence-electron chi connectivity index (χ2n) is 7.05. The first-order valence-electron chi connectivity index (χ1n) is 9.15. The highest BCUT2D eigenvalue weighted by Crippen LogP contribution is 2.31. The molecule has 1 fully saturated rings. The molecule has 1 aliphatic rings. The van der Waals surface area contributed by atoms with Gasteiger partial charge in [0.05, 0.1) is 10.6 Å². The predicted molar refractivity (Wildman–Crippen MR) is 101 cm³/mol. The van der Waals surface area contributed by atoms with Crippen molar-refractivity contribution in [2.45, 2.75) is 30.7 Å². The second kappa shape index (κ2) is 7.25. The molecule has 0 spiro atoms. The molecule has 1 aliphatic heterocycles. The highest BCUT2D eigenvalue weighted by atomic mass is 32.2. The van der Waals surface area contributed by atoms with E-state index >= 15 is 0 Å². The summed E-state index contributed by atoms with van der Waals surface area (Å²) in [6.07, 6.45) is 0.830. The highest BCUT2D eigenvalue weighted by Gasteiger charge is 2.28. The average molecular weight is 406 g/mol. The van der Waals surface area contributed by atoms with Crippen molar-refractivity contribution < 1.29 is 21.6 Å². The Morgan fingerprint density at radius 3 is 2.75 bits per heavy atom. The van der Waals surface area contributed by atoms with Gasteiger partial charge in [-0.05, 0) is 48.9 Å². The molecule has 2 aromatic carbocycles. The maximum Gasteiger partial charge on any atom is 0.199 e. The molecule has 0 amide bonds. The Hall–Kier alpha value is -2.32. The van der Waals surface area contributed by atoms with Crippen molar-refractivity contribution in [2.24, 2.45) is 0 Å². The molecule has 1 aromatic heterocycles. The number of likely N-dealkylation sites (tertiary alicyclic amines) is 1. The molecule has 0 radical (unpaired) electrons. The van der Waals surface area contributed by atoms with Crippen LogP contribution in [0.25, 0.3) is 11.1 Å². The molecule has 148 valence electrons. The van der Waals surface area contributed by atoms with Gasteiger partial charge in [-0.25, -0.2) is 22.2 Å². The highest BCUT2D eigenvalue weighted by molar-refractivity contribution is 7.91. The van der Waals surface area contributed by atoms with Crippen molar-refractivity contribution in [3.63, 3.8) is 0 Å². The number of fused-ring (bicyclic) bond motifs is 1. The van der Waals surface area contributed by atoms with Crippen LogP contribution < -0.4 is 0 Å². The van der Waals surface area contributed by atoms with E-state index in [0.717, 1.165) is 19.0 Å². The van der Waals surface area contributed by atoms with Gasteiger partial charge in [0.2, 0.25) is 0 Å². The summed E-state index contributed by atoms with van der Waals surface area (Å²) in [4.78, 5) is 6.89. The largest absolute Gasteiger partial charge is 0.440 e. The lowest BCUT2D eigenvalue weighted by atomic mass is 10.1. The molecule has 4 rings (SSSR count). The van der Waals surface area contributed by atoms with E-state index in [-0.39, 0.29) is 16.6 Å². The summed E-state index contributed by atoms with van der Waals surface area (Å²) in [5, 5.41) is 0. The maximum atomic E-state index is 13.4. The van der Waals surface area contributed by atoms with Crippen LogP contribution in [-0.2, 0) is 16.4 Å². The minimum absolute atomic E-state index is 0.0325. The third-order valence-electron chi connectivity index (χ3n) is 5.13. The standard InChI is InChI=1S/C20H20F2N2O3S/c1-2-28(25,26)15-4-6-19-18(10-15)23-20(27-19)14-7-8-24(12-14)11-13-3-5-16(21)17(22)9-13/h3-6,9-10,14H,2,7-8,11-12H2,1H3. The summed E-state index contributed by atoms with van der Waals surface area (Å²) in [6.45, 7) is 3.60. The smallest absolute Gasteiger partial charge is 0.199 e. The molecule has 0 saturated carbocycles. The van der Waals surface area contributed by atoms with Gasteiger partial charge < -0.3 is 4.42 Å². The summed E-state index contributed by atoms with van der Waals surface area (Å²) >= 11 is 0. The lowest BCUT2D eigenvalue weighted by Crippen LogP contribution is -2.20. The molecule has 0 aliphatic carbocycles. The summed E-state index contributed by atoms with van der Waals surface area (Å²) < 4.78 is 56.4. The fourth-order valence-electron chi connectivity index (χ4n) is 3.53. The van der Waals surface area contributed by atoms with Crippen LogP contribution in [0.1, 0.15) is 30.7 Å². The van der Waals surface area contributed by atoms with Crippen LogP contribution in [0.4, 0.5) is 8.78 Å². The fourth-order valence-corrected chi connectivity index (χ4v) is 4.43. The molecule has 0 N–H and O–H groups in total. The van der Waals surface area contributed by atoms with E-state index < -0.39 is 21.5 Å². The van der Waals surface area contributed by atoms with Crippen LogP contribution in [0.5, 0.6) is 0 Å². The van der Waals surface area contributed by atoms with Crippen molar-refractivity contribution in [3.05, 3.63) is 59.5 Å². The van der Waals surface area contributed by atoms with Crippen LogP contribution in [-0.4, -0.2) is 37.1 Å². The molecular formula is C20H20F2N2O3S. The van der Waals surface area contributed by atoms with Crippen LogP contribution >= 0.6 is 0 Å². The first-order chi connectivity index (χ1) is 13.4. The fraction of sp³-hybridized carbons (Fsp3) is 0.350. The van der Waals surface area contributed by atoms with Gasteiger partial charge in [0.15, 0.2) is 32.9 Å². The van der Waals surface area contributed by atoms with Crippen LogP contribution in [0.15, 0.2) is 45.7 Å². The Bertz CT molecular complexity index is 1130. The van der Waals surface area contributed by atoms with E-state index in [2.05, 4.69) is 9.88 Å². The van der Waals surface area contributed by atoms with Gasteiger partial charge >= 0.3 is 0 Å². The number of nitrogens with zero attached hydrogens (tertiary/aromatic N) is 2. The average Bonchev–Trinajstić information content (AvgIpc) is 3.30. The number of oxazole rings is 1. The van der Waals surface area contributed by atoms with Crippen LogP contribution in [0, 0.1) is 11.6 Å². The predicted octanol–water partition coefficient (Wildman–Crippen LogP) is 3.89. The summed E-state index contributed by atoms with van der Waals surface area (Å²) in [6, 6.07) is 8.68. The van der Waals surface area contributed by atoms with E-state index in [1.54, 1.807) is 31.2 Å². The van der Waals surface area contributed by atoms with Gasteiger partial charge in [0, 0.05) is 19.0 Å². The first-order valence-corrected chi connectivity index (χ1v) is 10.8. The Morgan fingerprint density at radius 2 is 2.00 bits per heavy atom. The number of halogens is 2. The normalized spacial score (nSPS) is 18.2. The topological polar surface area (TPSA) is 63.4 Å². The number of rotatable bonds is 5. The molecule has 3 aromatic rings. The first kappa shape index (κ1) is 19.0.